The number of aliphatic hydroxyl groups is 1. The number of carbonyl (C=O) groups excluding carboxylic acids is 1. The molecule has 1 aromatic carbocycles. The van der Waals surface area contributed by atoms with Crippen LogP contribution in [0.1, 0.15) is 12.0 Å². The second kappa shape index (κ2) is 6.18. The summed E-state index contributed by atoms with van der Waals surface area (Å²) >= 11 is 7.65. The fourth-order valence-electron chi connectivity index (χ4n) is 2.64. The zero-order valence-corrected chi connectivity index (χ0v) is 13.0. The number of halogens is 1. The lowest BCUT2D eigenvalue weighted by Gasteiger charge is -2.12. The third-order valence-corrected chi connectivity index (χ3v) is 4.97. The third kappa shape index (κ3) is 3.28. The van der Waals surface area contributed by atoms with Gasteiger partial charge in [0.05, 0.1) is 6.42 Å². The molecule has 0 radical (unpaired) electrons. The molecule has 0 saturated heterocycles. The molecule has 21 heavy (non-hydrogen) atoms. The van der Waals surface area contributed by atoms with Crippen molar-refractivity contribution in [1.29, 1.82) is 0 Å². The number of carbonyl (C=O) groups is 1. The molecule has 1 aromatic heterocycles. The Labute approximate surface area is 132 Å². The van der Waals surface area contributed by atoms with Crippen molar-refractivity contribution in [3.05, 3.63) is 46.3 Å². The number of thiophene rings is 1. The average molecular weight is 322 g/mol. The van der Waals surface area contributed by atoms with E-state index in [1.54, 1.807) is 11.3 Å². The maximum atomic E-state index is 12.2. The van der Waals surface area contributed by atoms with Gasteiger partial charge < -0.3 is 10.4 Å². The lowest BCUT2D eigenvalue weighted by molar-refractivity contribution is -0.120. The van der Waals surface area contributed by atoms with E-state index in [9.17, 15) is 4.79 Å². The lowest BCUT2D eigenvalue weighted by Crippen LogP contribution is -2.33. The van der Waals surface area contributed by atoms with E-state index in [2.05, 4.69) is 5.32 Å². The number of aliphatic hydroxyl groups excluding tert-OH is 1. The van der Waals surface area contributed by atoms with Crippen molar-refractivity contribution in [3.63, 3.8) is 0 Å². The van der Waals surface area contributed by atoms with Gasteiger partial charge in [-0.1, -0.05) is 23.8 Å². The lowest BCUT2D eigenvalue weighted by atomic mass is 10.1. The van der Waals surface area contributed by atoms with Crippen LogP contribution in [0.5, 0.6) is 0 Å². The summed E-state index contributed by atoms with van der Waals surface area (Å²) in [5.74, 6) is 0.166. The Bertz CT molecular complexity index is 695. The molecule has 2 atom stereocenters. The molecule has 2 N–H and O–H groups in total. The summed E-state index contributed by atoms with van der Waals surface area (Å²) in [6.45, 7) is 0.135. The molecule has 0 spiro atoms. The van der Waals surface area contributed by atoms with Crippen molar-refractivity contribution in [3.8, 4) is 0 Å². The van der Waals surface area contributed by atoms with Gasteiger partial charge in [0, 0.05) is 28.3 Å². The predicted molar refractivity (Wildman–Crippen MR) is 86.8 cm³/mol. The number of fused-ring (bicyclic) bond motifs is 1. The van der Waals surface area contributed by atoms with E-state index >= 15 is 0 Å². The van der Waals surface area contributed by atoms with Crippen LogP contribution in [-0.4, -0.2) is 23.7 Å². The minimum Gasteiger partial charge on any atom is -0.396 e. The van der Waals surface area contributed by atoms with Gasteiger partial charge in [0.15, 0.2) is 0 Å². The average Bonchev–Trinajstić information content (AvgIpc) is 3.06. The van der Waals surface area contributed by atoms with Crippen LogP contribution >= 0.6 is 22.9 Å². The van der Waals surface area contributed by atoms with E-state index in [0.29, 0.717) is 11.4 Å². The zero-order valence-electron chi connectivity index (χ0n) is 11.4. The Morgan fingerprint density at radius 1 is 1.43 bits per heavy atom. The van der Waals surface area contributed by atoms with Crippen LogP contribution in [0.2, 0.25) is 5.02 Å². The Morgan fingerprint density at radius 2 is 2.29 bits per heavy atom. The Balaban J connectivity index is 1.67. The number of nitrogens with one attached hydrogen (secondary N) is 1. The monoisotopic (exact) mass is 321 g/mol. The van der Waals surface area contributed by atoms with Crippen LogP contribution in [0, 0.1) is 5.92 Å². The van der Waals surface area contributed by atoms with Crippen LogP contribution in [-0.2, 0) is 11.2 Å². The van der Waals surface area contributed by atoms with Gasteiger partial charge in [-0.05, 0) is 40.9 Å². The zero-order chi connectivity index (χ0) is 14.8. The maximum absolute atomic E-state index is 12.2. The third-order valence-electron chi connectivity index (χ3n) is 3.72. The van der Waals surface area contributed by atoms with Crippen LogP contribution in [0.15, 0.2) is 35.7 Å². The SMILES string of the molecule is O=C(Cc1csc2ccc(Cl)cc12)N[C@@H]1C=C[C@H](CO)C1. The van der Waals surface area contributed by atoms with Crippen molar-refractivity contribution in [1.82, 2.24) is 5.32 Å². The molecule has 1 aliphatic carbocycles. The summed E-state index contributed by atoms with van der Waals surface area (Å²) in [6, 6.07) is 5.79. The number of hydrogen-bond donors (Lipinski definition) is 2. The normalized spacial score (nSPS) is 21.0. The number of amides is 1. The van der Waals surface area contributed by atoms with Gasteiger partial charge in [0.2, 0.25) is 5.91 Å². The fourth-order valence-corrected chi connectivity index (χ4v) is 3.75. The van der Waals surface area contributed by atoms with Crippen LogP contribution < -0.4 is 5.32 Å². The van der Waals surface area contributed by atoms with Crippen molar-refractivity contribution in [2.45, 2.75) is 18.9 Å². The maximum Gasteiger partial charge on any atom is 0.224 e. The summed E-state index contributed by atoms with van der Waals surface area (Å²) in [6.07, 6.45) is 5.05. The molecule has 0 saturated carbocycles. The molecule has 3 rings (SSSR count). The molecule has 2 aromatic rings. The van der Waals surface area contributed by atoms with E-state index in [1.165, 1.54) is 0 Å². The minimum atomic E-state index is 0.00270. The second-order valence-electron chi connectivity index (χ2n) is 5.32. The molecule has 1 amide bonds. The van der Waals surface area contributed by atoms with E-state index in [0.717, 1.165) is 22.1 Å². The Kier molecular flexibility index (Phi) is 4.29. The largest absolute Gasteiger partial charge is 0.396 e. The summed E-state index contributed by atoms with van der Waals surface area (Å²) in [7, 11) is 0. The van der Waals surface area contributed by atoms with Crippen LogP contribution in [0.25, 0.3) is 10.1 Å². The van der Waals surface area contributed by atoms with Gasteiger partial charge in [-0.25, -0.2) is 0 Å². The highest BCUT2D eigenvalue weighted by molar-refractivity contribution is 7.17. The number of rotatable bonds is 4. The number of hydrogen-bond acceptors (Lipinski definition) is 3. The predicted octanol–water partition coefficient (Wildman–Crippen LogP) is 3.15. The first-order valence-electron chi connectivity index (χ1n) is 6.90. The van der Waals surface area contributed by atoms with E-state index in [4.69, 9.17) is 16.7 Å². The van der Waals surface area contributed by atoms with Crippen LogP contribution in [0.3, 0.4) is 0 Å². The molecule has 0 aliphatic heterocycles. The van der Waals surface area contributed by atoms with Crippen LogP contribution in [0.4, 0.5) is 0 Å². The summed E-state index contributed by atoms with van der Waals surface area (Å²) in [5, 5.41) is 15.8. The molecule has 0 fully saturated rings. The van der Waals surface area contributed by atoms with Crippen molar-refractivity contribution in [2.75, 3.05) is 6.61 Å². The first-order valence-corrected chi connectivity index (χ1v) is 8.15. The topological polar surface area (TPSA) is 49.3 Å². The summed E-state index contributed by atoms with van der Waals surface area (Å²) in [5.41, 5.74) is 1.01. The highest BCUT2D eigenvalue weighted by atomic mass is 35.5. The van der Waals surface area contributed by atoms with Gasteiger partial charge in [0.25, 0.3) is 0 Å². The van der Waals surface area contributed by atoms with Gasteiger partial charge in [-0.3, -0.25) is 4.79 Å². The standard InChI is InChI=1S/C16H16ClNO2S/c17-12-2-4-15-14(7-12)11(9-21-15)6-16(20)18-13-3-1-10(5-13)8-19/h1-4,7,9-10,13,19H,5-6,8H2,(H,18,20)/t10-,13+/m0/s1. The van der Waals surface area contributed by atoms with E-state index in [-0.39, 0.29) is 24.5 Å². The van der Waals surface area contributed by atoms with E-state index in [1.807, 2.05) is 35.7 Å². The molecule has 5 heteroatoms. The molecule has 3 nitrogen and oxygen atoms in total. The smallest absolute Gasteiger partial charge is 0.224 e. The quantitative estimate of drug-likeness (QED) is 0.850. The van der Waals surface area contributed by atoms with Crippen molar-refractivity contribution >= 4 is 38.9 Å². The van der Waals surface area contributed by atoms with Gasteiger partial charge in [0.1, 0.15) is 0 Å². The highest BCUT2D eigenvalue weighted by Crippen LogP contribution is 2.29. The molecule has 110 valence electrons. The van der Waals surface area contributed by atoms with Gasteiger partial charge in [-0.15, -0.1) is 11.3 Å². The first kappa shape index (κ1) is 14.6. The first-order chi connectivity index (χ1) is 10.2. The molecule has 1 heterocycles. The Morgan fingerprint density at radius 3 is 3.05 bits per heavy atom. The molecule has 0 unspecified atom stereocenters. The molecule has 0 bridgehead atoms. The van der Waals surface area contributed by atoms with Crippen molar-refractivity contribution < 1.29 is 9.90 Å². The molecule has 1 aliphatic rings. The summed E-state index contributed by atoms with van der Waals surface area (Å²) in [4.78, 5) is 12.2. The second-order valence-corrected chi connectivity index (χ2v) is 6.66. The summed E-state index contributed by atoms with van der Waals surface area (Å²) < 4.78 is 1.14. The van der Waals surface area contributed by atoms with Crippen molar-refractivity contribution in [2.24, 2.45) is 5.92 Å². The Hall–Kier alpha value is -1.36. The molecular weight excluding hydrogens is 306 g/mol. The van der Waals surface area contributed by atoms with E-state index < -0.39 is 0 Å². The highest BCUT2D eigenvalue weighted by Gasteiger charge is 2.20. The number of benzene rings is 1. The van der Waals surface area contributed by atoms with Gasteiger partial charge >= 0.3 is 0 Å². The minimum absolute atomic E-state index is 0.00270. The molecular formula is C16H16ClNO2S. The van der Waals surface area contributed by atoms with Gasteiger partial charge in [-0.2, -0.15) is 0 Å². The fraction of sp³-hybridized carbons (Fsp3) is 0.312.